The summed E-state index contributed by atoms with van der Waals surface area (Å²) in [4.78, 5) is 12.2. The fourth-order valence-electron chi connectivity index (χ4n) is 2.40. The van der Waals surface area contributed by atoms with Crippen LogP contribution in [0, 0.1) is 0 Å². The molecule has 0 bridgehead atoms. The molecule has 1 saturated heterocycles. The molecule has 1 fully saturated rings. The van der Waals surface area contributed by atoms with Gasteiger partial charge in [0.1, 0.15) is 6.04 Å². The Morgan fingerprint density at radius 3 is 2.95 bits per heavy atom. The van der Waals surface area contributed by atoms with Crippen LogP contribution < -0.4 is 16.2 Å². The minimum absolute atomic E-state index is 0.0170. The van der Waals surface area contributed by atoms with E-state index in [-0.39, 0.29) is 18.0 Å². The van der Waals surface area contributed by atoms with E-state index >= 15 is 0 Å². The average Bonchev–Trinajstić information content (AvgIpc) is 3.09. The number of aryl methyl sites for hydroxylation is 1. The van der Waals surface area contributed by atoms with Gasteiger partial charge >= 0.3 is 0 Å². The first kappa shape index (κ1) is 14.1. The molecular weight excluding hydrogens is 290 g/mol. The summed E-state index contributed by atoms with van der Waals surface area (Å²) in [7, 11) is 1.80. The molecule has 1 aliphatic rings. The van der Waals surface area contributed by atoms with Gasteiger partial charge in [0.2, 0.25) is 5.91 Å². The Morgan fingerprint density at radius 2 is 2.24 bits per heavy atom. The van der Waals surface area contributed by atoms with Crippen molar-refractivity contribution in [1.82, 2.24) is 20.6 Å². The number of anilines is 1. The number of amides is 1. The smallest absolute Gasteiger partial charge is 0.243 e. The second kappa shape index (κ2) is 5.85. The van der Waals surface area contributed by atoms with Gasteiger partial charge in [-0.25, -0.2) is 10.9 Å². The van der Waals surface area contributed by atoms with E-state index in [2.05, 4.69) is 21.3 Å². The van der Waals surface area contributed by atoms with Crippen LogP contribution in [-0.4, -0.2) is 21.7 Å². The zero-order chi connectivity index (χ0) is 14.8. The van der Waals surface area contributed by atoms with Crippen LogP contribution in [0.5, 0.6) is 0 Å². The quantitative estimate of drug-likeness (QED) is 0.806. The number of halogens is 1. The topological polar surface area (TPSA) is 71.0 Å². The van der Waals surface area contributed by atoms with E-state index in [1.54, 1.807) is 24.1 Å². The van der Waals surface area contributed by atoms with Crippen molar-refractivity contribution in [2.45, 2.75) is 18.5 Å². The van der Waals surface area contributed by atoms with Crippen LogP contribution in [0.3, 0.4) is 0 Å². The van der Waals surface area contributed by atoms with Gasteiger partial charge < -0.3 is 5.32 Å². The standard InChI is InChI=1S/C14H16ClN5O/c1-20-8-9(7-16-20)17-14(21)13-6-12(18-19-13)10-4-2-3-5-11(10)15/h2-5,7-8,12-13,18-19H,6H2,1H3,(H,17,21). The molecule has 1 aromatic heterocycles. The van der Waals surface area contributed by atoms with Gasteiger partial charge in [-0.05, 0) is 18.1 Å². The van der Waals surface area contributed by atoms with E-state index in [9.17, 15) is 4.79 Å². The van der Waals surface area contributed by atoms with Crippen LogP contribution in [0.1, 0.15) is 18.0 Å². The monoisotopic (exact) mass is 305 g/mol. The van der Waals surface area contributed by atoms with Crippen molar-refractivity contribution in [2.24, 2.45) is 7.05 Å². The van der Waals surface area contributed by atoms with Crippen molar-refractivity contribution in [1.29, 1.82) is 0 Å². The molecule has 6 nitrogen and oxygen atoms in total. The van der Waals surface area contributed by atoms with E-state index in [1.165, 1.54) is 0 Å². The van der Waals surface area contributed by atoms with E-state index in [4.69, 9.17) is 11.6 Å². The lowest BCUT2D eigenvalue weighted by Gasteiger charge is -2.11. The molecule has 2 unspecified atom stereocenters. The molecule has 0 saturated carbocycles. The van der Waals surface area contributed by atoms with Gasteiger partial charge in [0.15, 0.2) is 0 Å². The highest BCUT2D eigenvalue weighted by atomic mass is 35.5. The summed E-state index contributed by atoms with van der Waals surface area (Å²) in [6, 6.07) is 7.34. The van der Waals surface area contributed by atoms with E-state index in [0.29, 0.717) is 17.1 Å². The Labute approximate surface area is 127 Å². The van der Waals surface area contributed by atoms with Gasteiger partial charge in [0.25, 0.3) is 0 Å². The van der Waals surface area contributed by atoms with E-state index < -0.39 is 0 Å². The first-order valence-electron chi connectivity index (χ1n) is 6.68. The minimum Gasteiger partial charge on any atom is -0.322 e. The van der Waals surface area contributed by atoms with Crippen molar-refractivity contribution < 1.29 is 4.79 Å². The second-order valence-electron chi connectivity index (χ2n) is 5.04. The molecular formula is C14H16ClN5O. The van der Waals surface area contributed by atoms with Gasteiger partial charge in [-0.15, -0.1) is 0 Å². The van der Waals surface area contributed by atoms with Gasteiger partial charge in [-0.2, -0.15) is 5.10 Å². The molecule has 1 amide bonds. The van der Waals surface area contributed by atoms with Crippen LogP contribution in [0.2, 0.25) is 5.02 Å². The molecule has 3 N–H and O–H groups in total. The van der Waals surface area contributed by atoms with Gasteiger partial charge in [-0.3, -0.25) is 9.48 Å². The molecule has 7 heteroatoms. The lowest BCUT2D eigenvalue weighted by molar-refractivity contribution is -0.117. The second-order valence-corrected chi connectivity index (χ2v) is 5.45. The maximum Gasteiger partial charge on any atom is 0.243 e. The van der Waals surface area contributed by atoms with E-state index in [0.717, 1.165) is 5.56 Å². The number of nitrogens with zero attached hydrogens (tertiary/aromatic N) is 2. The molecule has 0 aliphatic carbocycles. The number of nitrogens with one attached hydrogen (secondary N) is 3. The summed E-state index contributed by atoms with van der Waals surface area (Å²) in [6.07, 6.45) is 4.01. The number of hydrazine groups is 1. The van der Waals surface area contributed by atoms with Crippen molar-refractivity contribution >= 4 is 23.2 Å². The molecule has 3 rings (SSSR count). The van der Waals surface area contributed by atoms with Crippen molar-refractivity contribution in [2.75, 3.05) is 5.32 Å². The van der Waals surface area contributed by atoms with Crippen molar-refractivity contribution in [3.8, 4) is 0 Å². The molecule has 110 valence electrons. The molecule has 1 aliphatic heterocycles. The fraction of sp³-hybridized carbons (Fsp3) is 0.286. The Morgan fingerprint density at radius 1 is 1.43 bits per heavy atom. The summed E-state index contributed by atoms with van der Waals surface area (Å²) in [5, 5.41) is 7.55. The van der Waals surface area contributed by atoms with Crippen LogP contribution in [0.4, 0.5) is 5.69 Å². The maximum atomic E-state index is 12.2. The summed E-state index contributed by atoms with van der Waals surface area (Å²) in [5.41, 5.74) is 7.81. The third kappa shape index (κ3) is 3.07. The number of carbonyl (C=O) groups is 1. The number of hydrogen-bond donors (Lipinski definition) is 3. The normalized spacial score (nSPS) is 21.4. The van der Waals surface area contributed by atoms with Crippen molar-refractivity contribution in [3.05, 3.63) is 47.2 Å². The number of aromatic nitrogens is 2. The van der Waals surface area contributed by atoms with Crippen LogP contribution >= 0.6 is 11.6 Å². The SMILES string of the molecule is Cn1cc(NC(=O)C2CC(c3ccccc3Cl)NN2)cn1. The zero-order valence-electron chi connectivity index (χ0n) is 11.5. The predicted octanol–water partition coefficient (Wildman–Crippen LogP) is 1.62. The first-order valence-corrected chi connectivity index (χ1v) is 7.06. The van der Waals surface area contributed by atoms with Gasteiger partial charge in [0.05, 0.1) is 11.9 Å². The Kier molecular flexibility index (Phi) is 3.92. The Balaban J connectivity index is 1.64. The number of carbonyl (C=O) groups excluding carboxylic acids is 1. The number of rotatable bonds is 3. The molecule has 2 aromatic rings. The lowest BCUT2D eigenvalue weighted by Crippen LogP contribution is -2.39. The van der Waals surface area contributed by atoms with Crippen LogP contribution in [-0.2, 0) is 11.8 Å². The zero-order valence-corrected chi connectivity index (χ0v) is 12.3. The highest BCUT2D eigenvalue weighted by Crippen LogP contribution is 2.28. The summed E-state index contributed by atoms with van der Waals surface area (Å²) >= 11 is 6.18. The first-order chi connectivity index (χ1) is 10.1. The average molecular weight is 306 g/mol. The minimum atomic E-state index is -0.313. The summed E-state index contributed by atoms with van der Waals surface area (Å²) in [5.74, 6) is -0.0925. The highest BCUT2D eigenvalue weighted by Gasteiger charge is 2.31. The Hall–Kier alpha value is -1.89. The predicted molar refractivity (Wildman–Crippen MR) is 80.7 cm³/mol. The van der Waals surface area contributed by atoms with Crippen LogP contribution in [0.15, 0.2) is 36.7 Å². The molecule has 0 spiro atoms. The molecule has 2 atom stereocenters. The number of hydrogen-bond acceptors (Lipinski definition) is 4. The van der Waals surface area contributed by atoms with Crippen LogP contribution in [0.25, 0.3) is 0 Å². The maximum absolute atomic E-state index is 12.2. The third-order valence-electron chi connectivity index (χ3n) is 3.47. The third-order valence-corrected chi connectivity index (χ3v) is 3.82. The molecule has 0 radical (unpaired) electrons. The van der Waals surface area contributed by atoms with Crippen molar-refractivity contribution in [3.63, 3.8) is 0 Å². The summed E-state index contributed by atoms with van der Waals surface area (Å²) in [6.45, 7) is 0. The van der Waals surface area contributed by atoms with E-state index in [1.807, 2.05) is 24.3 Å². The fourth-order valence-corrected chi connectivity index (χ4v) is 2.67. The summed E-state index contributed by atoms with van der Waals surface area (Å²) < 4.78 is 1.64. The van der Waals surface area contributed by atoms with Gasteiger partial charge in [0, 0.05) is 24.3 Å². The molecule has 21 heavy (non-hydrogen) atoms. The highest BCUT2D eigenvalue weighted by molar-refractivity contribution is 6.31. The molecule has 2 heterocycles. The Bertz CT molecular complexity index is 656. The lowest BCUT2D eigenvalue weighted by atomic mass is 10.0. The number of benzene rings is 1. The van der Waals surface area contributed by atoms with Gasteiger partial charge in [-0.1, -0.05) is 29.8 Å². The molecule has 1 aromatic carbocycles. The largest absolute Gasteiger partial charge is 0.322 e.